The second-order valence-corrected chi connectivity index (χ2v) is 25.5. The fourth-order valence-corrected chi connectivity index (χ4v) is 17.7. The maximum Gasteiger partial charge on any atom is -1.00 e. The van der Waals surface area contributed by atoms with Crippen molar-refractivity contribution in [2.45, 2.75) is 96.9 Å². The number of rotatable bonds is 4. The van der Waals surface area contributed by atoms with Gasteiger partial charge in [-0.3, -0.25) is 0 Å². The molecule has 0 saturated carbocycles. The van der Waals surface area contributed by atoms with Crippen molar-refractivity contribution in [3.8, 4) is 0 Å². The molecule has 2 aliphatic heterocycles. The summed E-state index contributed by atoms with van der Waals surface area (Å²) in [6, 6.07) is 22.2. The summed E-state index contributed by atoms with van der Waals surface area (Å²) in [5, 5.41) is 0. The smallest absolute Gasteiger partial charge is 1.00 e. The summed E-state index contributed by atoms with van der Waals surface area (Å²) in [6.07, 6.45) is 10.6. The molecule has 2 aromatic carbocycles. The zero-order valence-electron chi connectivity index (χ0n) is 32.9. The number of benzene rings is 2. The Kier molecular flexibility index (Phi) is 11.4. The van der Waals surface area contributed by atoms with Gasteiger partial charge in [0, 0.05) is 0 Å². The molecule has 2 aromatic rings. The first-order valence-electron chi connectivity index (χ1n) is 18.0. The Bertz CT molecular complexity index is 1720. The third-order valence-electron chi connectivity index (χ3n) is 10.3. The summed E-state index contributed by atoms with van der Waals surface area (Å²) in [4.78, 5) is 5.22. The zero-order chi connectivity index (χ0) is 35.1. The largest absolute Gasteiger partial charge is 1.00 e. The first-order chi connectivity index (χ1) is 22.2. The minimum atomic E-state index is -2.71. The second kappa shape index (κ2) is 14.0. The number of allylic oxidation sites excluding steroid dienone is 8. The van der Waals surface area contributed by atoms with Crippen LogP contribution in [0, 0.1) is 33.5 Å². The Morgan fingerprint density at radius 1 is 0.500 bits per heavy atom. The van der Waals surface area contributed by atoms with E-state index in [9.17, 15) is 0 Å². The van der Waals surface area contributed by atoms with Crippen molar-refractivity contribution in [1.29, 1.82) is 0 Å². The predicted octanol–water partition coefficient (Wildman–Crippen LogP) is 6.35. The summed E-state index contributed by atoms with van der Waals surface area (Å²) < 4.78 is 5.22. The molecule has 5 heteroatoms. The molecule has 0 spiro atoms. The normalized spacial score (nSPS) is 20.3. The van der Waals surface area contributed by atoms with Gasteiger partial charge in [-0.15, -0.1) is 0 Å². The minimum absolute atomic E-state index is 0. The van der Waals surface area contributed by atoms with E-state index < -0.39 is 21.3 Å². The molecule has 2 heterocycles. The molecule has 50 heavy (non-hydrogen) atoms. The fourth-order valence-electron chi connectivity index (χ4n) is 8.16. The molecular weight excluding hydrogens is 731 g/mol. The van der Waals surface area contributed by atoms with E-state index >= 15 is 0 Å². The number of halogens is 2. The van der Waals surface area contributed by atoms with Crippen LogP contribution in [0.25, 0.3) is 0 Å². The van der Waals surface area contributed by atoms with Crippen molar-refractivity contribution in [2.24, 2.45) is 33.5 Å². The predicted molar refractivity (Wildman–Crippen MR) is 205 cm³/mol. The van der Waals surface area contributed by atoms with Crippen molar-refractivity contribution >= 4 is 14.6 Å². The van der Waals surface area contributed by atoms with Gasteiger partial charge in [0.1, 0.15) is 0 Å². The van der Waals surface area contributed by atoms with E-state index in [0.29, 0.717) is 11.8 Å². The topological polar surface area (TPSA) is 6.48 Å². The van der Waals surface area contributed by atoms with Crippen LogP contribution in [0.2, 0.25) is 0 Å². The van der Waals surface area contributed by atoms with E-state index in [1.165, 1.54) is 34.2 Å². The van der Waals surface area contributed by atoms with Gasteiger partial charge < -0.3 is 24.8 Å². The van der Waals surface area contributed by atoms with Gasteiger partial charge in [0.05, 0.1) is 0 Å². The first-order valence-corrected chi connectivity index (χ1v) is 21.7. The summed E-state index contributed by atoms with van der Waals surface area (Å²) >= 11 is -2.71. The van der Waals surface area contributed by atoms with Crippen molar-refractivity contribution in [3.05, 3.63) is 125 Å². The maximum atomic E-state index is 2.67. The van der Waals surface area contributed by atoms with Crippen molar-refractivity contribution in [3.63, 3.8) is 0 Å². The number of anilines is 2. The molecule has 266 valence electrons. The van der Waals surface area contributed by atoms with Crippen LogP contribution in [0.15, 0.2) is 125 Å². The van der Waals surface area contributed by atoms with Crippen LogP contribution < -0.4 is 34.6 Å². The zero-order valence-corrected chi connectivity index (χ0v) is 36.9. The average molecular weight is 789 g/mol. The van der Waals surface area contributed by atoms with E-state index in [1.54, 1.807) is 20.9 Å². The van der Waals surface area contributed by atoms with Crippen molar-refractivity contribution < 1.29 is 46.1 Å². The van der Waals surface area contributed by atoms with Gasteiger partial charge in [-0.05, 0) is 0 Å². The Morgan fingerprint density at radius 3 is 1.08 bits per heavy atom. The maximum absolute atomic E-state index is 2.71. The molecule has 2 atom stereocenters. The summed E-state index contributed by atoms with van der Waals surface area (Å²) in [7, 11) is 0. The molecule has 0 aromatic heterocycles. The molecule has 0 saturated heterocycles. The van der Waals surface area contributed by atoms with Crippen LogP contribution in [0.1, 0.15) is 96.9 Å². The van der Waals surface area contributed by atoms with Gasteiger partial charge in [-0.1, -0.05) is 0 Å². The Balaban J connectivity index is 0.00000281. The van der Waals surface area contributed by atoms with E-state index in [-0.39, 0.29) is 46.5 Å². The van der Waals surface area contributed by atoms with Gasteiger partial charge in [-0.2, -0.15) is 0 Å². The van der Waals surface area contributed by atoms with Gasteiger partial charge in [0.25, 0.3) is 0 Å². The summed E-state index contributed by atoms with van der Waals surface area (Å²) in [5.41, 5.74) is 11.6. The first kappa shape index (κ1) is 40.6. The van der Waals surface area contributed by atoms with Crippen LogP contribution in [-0.4, -0.2) is 3.21 Å². The Morgan fingerprint density at radius 2 is 0.820 bits per heavy atom. The van der Waals surface area contributed by atoms with Crippen LogP contribution in [0.5, 0.6) is 0 Å². The number of para-hydroxylation sites is 2. The molecule has 2 unspecified atom stereocenters. The summed E-state index contributed by atoms with van der Waals surface area (Å²) in [6.45, 7) is 33.9. The van der Waals surface area contributed by atoms with Crippen molar-refractivity contribution in [2.75, 3.05) is 9.80 Å². The van der Waals surface area contributed by atoms with Gasteiger partial charge >= 0.3 is 302 Å². The molecule has 0 fully saturated rings. The Labute approximate surface area is 324 Å². The number of fused-ring (bicyclic) bond motifs is 2. The monoisotopic (exact) mass is 786 g/mol. The summed E-state index contributed by atoms with van der Waals surface area (Å²) in [5.74, 6) is 0.627. The van der Waals surface area contributed by atoms with E-state index in [0.717, 1.165) is 0 Å². The van der Waals surface area contributed by atoms with Crippen molar-refractivity contribution in [1.82, 2.24) is 0 Å². The quantitative estimate of drug-likeness (QED) is 0.357. The van der Waals surface area contributed by atoms with Gasteiger partial charge in [0.15, 0.2) is 0 Å². The number of hydrogen-bond acceptors (Lipinski definition) is 2. The molecule has 0 bridgehead atoms. The SMILES string of the molecule is C[C](C)=[Zr+2]([C]1=C(C(C)(C)C)C=C2C1C=C(C(C)(C)C)N2c1ccccc1)[C]1=C(C(C)(C)C)C=C2C1C=C(C(C)(C)C)N2c1ccccc1.[Cl-].[Cl-]. The van der Waals surface area contributed by atoms with Gasteiger partial charge in [0.2, 0.25) is 0 Å². The third-order valence-corrected chi connectivity index (χ3v) is 18.3. The van der Waals surface area contributed by atoms with E-state index in [4.69, 9.17) is 0 Å². The molecule has 0 N–H and O–H groups in total. The van der Waals surface area contributed by atoms with Crippen LogP contribution in [-0.2, 0) is 21.3 Å². The molecule has 2 nitrogen and oxygen atoms in total. The molecule has 0 radical (unpaired) electrons. The van der Waals surface area contributed by atoms with E-state index in [1.807, 2.05) is 0 Å². The Hall–Kier alpha value is -2.19. The fraction of sp³-hybridized carbons (Fsp3) is 0.444. The van der Waals surface area contributed by atoms with Crippen LogP contribution >= 0.6 is 0 Å². The molecule has 2 aliphatic carbocycles. The third kappa shape index (κ3) is 7.10. The molecular formula is C45H58Cl2N2Zr. The second-order valence-electron chi connectivity index (χ2n) is 18.6. The number of nitrogens with zero attached hydrogens (tertiary/aromatic N) is 2. The minimum Gasteiger partial charge on any atom is -1.00 e. The number of hydrogen-bond donors (Lipinski definition) is 0. The van der Waals surface area contributed by atoms with Crippen LogP contribution in [0.3, 0.4) is 0 Å². The van der Waals surface area contributed by atoms with Gasteiger partial charge in [-0.25, -0.2) is 0 Å². The molecule has 0 amide bonds. The molecule has 6 rings (SSSR count). The van der Waals surface area contributed by atoms with Crippen LogP contribution in [0.4, 0.5) is 11.4 Å². The van der Waals surface area contributed by atoms with E-state index in [2.05, 4.69) is 192 Å². The standard InChI is InChI=1S/2C21H26N.C3H6.2ClH.Zr/c2*1-20(2,3)16-12-15-13-19(21(4,5)6)22(18(15)14-16)17-10-8-7-9-11-17;1-3-2;;;/h2*7-11,13-15H,1-6H3;1-2H3;2*1H;/q;;;;;+2/p-2. The average Bonchev–Trinajstić information content (AvgIpc) is 3.71. The molecule has 4 aliphatic rings.